The van der Waals surface area contributed by atoms with Crippen molar-refractivity contribution >= 4 is 5.78 Å². The Hall–Kier alpha value is -1.41. The first kappa shape index (κ1) is 25.2. The van der Waals surface area contributed by atoms with Crippen LogP contribution >= 0.6 is 0 Å². The van der Waals surface area contributed by atoms with Gasteiger partial charge in [0.25, 0.3) is 0 Å². The first-order valence-corrected chi connectivity index (χ1v) is 13.2. The zero-order valence-corrected chi connectivity index (χ0v) is 21.1. The van der Waals surface area contributed by atoms with E-state index < -0.39 is 17.5 Å². The van der Waals surface area contributed by atoms with Gasteiger partial charge in [-0.15, -0.1) is 0 Å². The normalized spacial score (nSPS) is 43.3. The molecule has 8 unspecified atom stereocenters. The Balaban J connectivity index is 1.34. The summed E-state index contributed by atoms with van der Waals surface area (Å²) in [4.78, 5) is 13.4. The molecular formula is C27H39F3N2O3. The molecule has 0 radical (unpaired) electrons. The van der Waals surface area contributed by atoms with Crippen LogP contribution in [0.4, 0.5) is 13.2 Å². The number of carbonyl (C=O) groups excluding carboxylic acids is 1. The van der Waals surface area contributed by atoms with Gasteiger partial charge in [0, 0.05) is 19.2 Å². The van der Waals surface area contributed by atoms with E-state index in [-0.39, 0.29) is 29.1 Å². The highest BCUT2D eigenvalue weighted by molar-refractivity contribution is 5.82. The molecular weight excluding hydrogens is 457 g/mol. The summed E-state index contributed by atoms with van der Waals surface area (Å²) in [6.45, 7) is 4.87. The summed E-state index contributed by atoms with van der Waals surface area (Å²) in [5.74, 6) is 1.90. The molecule has 0 amide bonds. The molecule has 0 bridgehead atoms. The fourth-order valence-electron chi connectivity index (χ4n) is 9.18. The van der Waals surface area contributed by atoms with E-state index in [4.69, 9.17) is 4.74 Å². The van der Waals surface area contributed by atoms with Crippen LogP contribution in [-0.2, 0) is 22.3 Å². The lowest BCUT2D eigenvalue weighted by molar-refractivity contribution is -0.175. The number of carbonyl (C=O) groups is 1. The largest absolute Gasteiger partial charge is 0.435 e. The van der Waals surface area contributed by atoms with E-state index >= 15 is 0 Å². The van der Waals surface area contributed by atoms with E-state index in [0.29, 0.717) is 23.7 Å². The minimum Gasteiger partial charge on any atom is -0.390 e. The summed E-state index contributed by atoms with van der Waals surface area (Å²) < 4.78 is 45.8. The highest BCUT2D eigenvalue weighted by Crippen LogP contribution is 2.68. The minimum atomic E-state index is -4.50. The molecule has 4 aliphatic rings. The summed E-state index contributed by atoms with van der Waals surface area (Å²) >= 11 is 0. The van der Waals surface area contributed by atoms with E-state index in [1.807, 2.05) is 6.92 Å². The third-order valence-electron chi connectivity index (χ3n) is 10.7. The summed E-state index contributed by atoms with van der Waals surface area (Å²) in [5.41, 5.74) is -1.55. The van der Waals surface area contributed by atoms with E-state index in [0.717, 1.165) is 75.1 Å². The van der Waals surface area contributed by atoms with Crippen molar-refractivity contribution in [2.45, 2.75) is 90.0 Å². The molecule has 35 heavy (non-hydrogen) atoms. The zero-order valence-electron chi connectivity index (χ0n) is 21.1. The standard InChI is InChI=1S/C27H39F3N2O3/c1-24(34)11-12-26(16-35-3)17(14-24)4-5-18-19-6-7-21(25(19,2)10-8-20(18)26)22(33)15-32-13-9-23(31-32)27(28,29)30/h9,13,17-21,34H,4-8,10-12,14-16H2,1-3H3. The number of methoxy groups -OCH3 is 1. The Morgan fingerprint density at radius 3 is 2.60 bits per heavy atom. The smallest absolute Gasteiger partial charge is 0.390 e. The lowest BCUT2D eigenvalue weighted by Crippen LogP contribution is -2.58. The molecule has 4 aliphatic carbocycles. The van der Waals surface area contributed by atoms with Gasteiger partial charge in [0.05, 0.1) is 18.8 Å². The first-order valence-electron chi connectivity index (χ1n) is 13.2. The van der Waals surface area contributed by atoms with Crippen molar-refractivity contribution in [1.82, 2.24) is 9.78 Å². The molecule has 1 aromatic heterocycles. The Morgan fingerprint density at radius 2 is 1.91 bits per heavy atom. The molecule has 0 saturated heterocycles. The van der Waals surface area contributed by atoms with Crippen LogP contribution in [0.15, 0.2) is 12.3 Å². The Kier molecular flexibility index (Phi) is 6.18. The van der Waals surface area contributed by atoms with Gasteiger partial charge in [-0.3, -0.25) is 9.48 Å². The number of nitrogens with zero attached hydrogens (tertiary/aromatic N) is 2. The number of hydrogen-bond donors (Lipinski definition) is 1. The van der Waals surface area contributed by atoms with Gasteiger partial charge < -0.3 is 9.84 Å². The van der Waals surface area contributed by atoms with E-state index in [1.54, 1.807) is 7.11 Å². The minimum absolute atomic E-state index is 0.0132. The van der Waals surface area contributed by atoms with Crippen LogP contribution in [0.5, 0.6) is 0 Å². The molecule has 0 aliphatic heterocycles. The first-order chi connectivity index (χ1) is 16.4. The summed E-state index contributed by atoms with van der Waals surface area (Å²) in [7, 11) is 1.79. The van der Waals surface area contributed by atoms with Gasteiger partial charge in [0.15, 0.2) is 11.5 Å². The van der Waals surface area contributed by atoms with Crippen molar-refractivity contribution < 1.29 is 27.8 Å². The Morgan fingerprint density at radius 1 is 1.14 bits per heavy atom. The average molecular weight is 497 g/mol. The van der Waals surface area contributed by atoms with Gasteiger partial charge in [-0.2, -0.15) is 18.3 Å². The van der Waals surface area contributed by atoms with E-state index in [1.165, 1.54) is 6.20 Å². The highest BCUT2D eigenvalue weighted by Gasteiger charge is 2.63. The molecule has 1 N–H and O–H groups in total. The number of ketones is 1. The fourth-order valence-corrected chi connectivity index (χ4v) is 9.18. The topological polar surface area (TPSA) is 64.3 Å². The molecule has 5 rings (SSSR count). The van der Waals surface area contributed by atoms with Crippen LogP contribution in [0.1, 0.15) is 77.3 Å². The molecule has 0 spiro atoms. The Bertz CT molecular complexity index is 960. The lowest BCUT2D eigenvalue weighted by Gasteiger charge is -2.62. The number of aliphatic hydroxyl groups is 1. The number of hydrogen-bond acceptors (Lipinski definition) is 4. The molecule has 1 heterocycles. The van der Waals surface area contributed by atoms with Gasteiger partial charge in [-0.1, -0.05) is 6.92 Å². The quantitative estimate of drug-likeness (QED) is 0.584. The number of Topliss-reactive ketones (excluding diaryl/α,β-unsaturated/α-hetero) is 1. The Labute approximate surface area is 205 Å². The average Bonchev–Trinajstić information content (AvgIpc) is 3.38. The van der Waals surface area contributed by atoms with Gasteiger partial charge >= 0.3 is 6.18 Å². The summed E-state index contributed by atoms with van der Waals surface area (Å²) in [5, 5.41) is 14.4. The van der Waals surface area contributed by atoms with E-state index in [2.05, 4.69) is 12.0 Å². The number of aromatic nitrogens is 2. The lowest BCUT2D eigenvalue weighted by atomic mass is 9.43. The molecule has 8 heteroatoms. The predicted molar refractivity (Wildman–Crippen MR) is 124 cm³/mol. The highest BCUT2D eigenvalue weighted by atomic mass is 19.4. The SMILES string of the molecule is COCC12CCC(C)(O)CC1CCC1C3CCC(C(=O)Cn4ccc(C(F)(F)F)n4)C3(C)CCC12. The van der Waals surface area contributed by atoms with Gasteiger partial charge in [0.1, 0.15) is 0 Å². The van der Waals surface area contributed by atoms with Gasteiger partial charge in [0.2, 0.25) is 0 Å². The summed E-state index contributed by atoms with van der Waals surface area (Å²) in [6, 6.07) is 0.937. The zero-order chi connectivity index (χ0) is 25.2. The van der Waals surface area contributed by atoms with Crippen LogP contribution in [0.25, 0.3) is 0 Å². The van der Waals surface area contributed by atoms with Crippen molar-refractivity contribution in [3.63, 3.8) is 0 Å². The number of alkyl halides is 3. The van der Waals surface area contributed by atoms with Crippen molar-refractivity contribution in [2.75, 3.05) is 13.7 Å². The van der Waals surface area contributed by atoms with E-state index in [9.17, 15) is 23.1 Å². The molecule has 0 aromatic carbocycles. The second kappa shape index (κ2) is 8.57. The maximum Gasteiger partial charge on any atom is 0.435 e. The maximum atomic E-state index is 13.4. The molecule has 1 aromatic rings. The predicted octanol–water partition coefficient (Wildman–Crippen LogP) is 5.51. The van der Waals surface area contributed by atoms with Crippen LogP contribution in [0, 0.1) is 40.4 Å². The van der Waals surface area contributed by atoms with Crippen molar-refractivity contribution in [2.24, 2.45) is 40.4 Å². The van der Waals surface area contributed by atoms with Crippen LogP contribution in [0.3, 0.4) is 0 Å². The fraction of sp³-hybridized carbons (Fsp3) is 0.852. The van der Waals surface area contributed by atoms with Crippen LogP contribution in [0.2, 0.25) is 0 Å². The molecule has 8 atom stereocenters. The number of fused-ring (bicyclic) bond motifs is 5. The van der Waals surface area contributed by atoms with Crippen molar-refractivity contribution in [3.8, 4) is 0 Å². The van der Waals surface area contributed by atoms with Crippen molar-refractivity contribution in [1.29, 1.82) is 0 Å². The monoisotopic (exact) mass is 496 g/mol. The molecule has 4 saturated carbocycles. The van der Waals surface area contributed by atoms with Crippen molar-refractivity contribution in [3.05, 3.63) is 18.0 Å². The number of rotatable bonds is 5. The summed E-state index contributed by atoms with van der Waals surface area (Å²) in [6.07, 6.45) is 5.48. The van der Waals surface area contributed by atoms with Crippen LogP contribution in [-0.4, -0.2) is 40.0 Å². The third-order valence-corrected chi connectivity index (χ3v) is 10.7. The van der Waals surface area contributed by atoms with Gasteiger partial charge in [-0.05, 0) is 105 Å². The third kappa shape index (κ3) is 4.16. The molecule has 196 valence electrons. The molecule has 4 fully saturated rings. The second-order valence-corrected chi connectivity index (χ2v) is 12.6. The number of halogens is 3. The van der Waals surface area contributed by atoms with Crippen LogP contribution < -0.4 is 0 Å². The van der Waals surface area contributed by atoms with Gasteiger partial charge in [-0.25, -0.2) is 0 Å². The second-order valence-electron chi connectivity index (χ2n) is 12.6. The molecule has 5 nitrogen and oxygen atoms in total. The number of ether oxygens (including phenoxy) is 1. The maximum absolute atomic E-state index is 13.4.